The Labute approximate surface area is 201 Å². The minimum atomic E-state index is -1.21. The SMILES string of the molecule is CCN(c1ccc(C)cc1)c1ccc(-c2ccc(-c3ccc(/C=C(\C#N)C(=O)O)s3)s2)cc1. The lowest BCUT2D eigenvalue weighted by Gasteiger charge is -2.23. The maximum Gasteiger partial charge on any atom is 0.346 e. The van der Waals surface area contributed by atoms with Gasteiger partial charge in [0.05, 0.1) is 0 Å². The van der Waals surface area contributed by atoms with Gasteiger partial charge in [-0.25, -0.2) is 4.79 Å². The molecule has 0 saturated heterocycles. The number of anilines is 2. The van der Waals surface area contributed by atoms with Crippen LogP contribution < -0.4 is 4.90 Å². The van der Waals surface area contributed by atoms with Crippen molar-refractivity contribution in [3.63, 3.8) is 0 Å². The zero-order valence-corrected chi connectivity index (χ0v) is 19.9. The van der Waals surface area contributed by atoms with E-state index in [1.54, 1.807) is 17.4 Å². The first-order valence-corrected chi connectivity index (χ1v) is 12.1. The molecular weight excluding hydrogens is 448 g/mol. The van der Waals surface area contributed by atoms with E-state index in [4.69, 9.17) is 10.4 Å². The molecule has 0 unspecified atom stereocenters. The van der Waals surface area contributed by atoms with E-state index in [-0.39, 0.29) is 5.57 Å². The van der Waals surface area contributed by atoms with Gasteiger partial charge in [0.25, 0.3) is 0 Å². The van der Waals surface area contributed by atoms with Crippen molar-refractivity contribution in [2.24, 2.45) is 0 Å². The maximum absolute atomic E-state index is 11.1. The van der Waals surface area contributed by atoms with Gasteiger partial charge in [0.2, 0.25) is 0 Å². The van der Waals surface area contributed by atoms with Crippen LogP contribution in [0.25, 0.3) is 26.3 Å². The number of carboxylic acid groups (broad SMARTS) is 1. The predicted molar refractivity (Wildman–Crippen MR) is 138 cm³/mol. The zero-order chi connectivity index (χ0) is 23.4. The molecule has 0 amide bonds. The van der Waals surface area contributed by atoms with Crippen molar-refractivity contribution in [2.75, 3.05) is 11.4 Å². The summed E-state index contributed by atoms with van der Waals surface area (Å²) in [6, 6.07) is 26.9. The normalized spacial score (nSPS) is 11.2. The quantitative estimate of drug-likeness (QED) is 0.223. The van der Waals surface area contributed by atoms with E-state index >= 15 is 0 Å². The second-order valence-electron chi connectivity index (χ2n) is 7.47. The predicted octanol–water partition coefficient (Wildman–Crippen LogP) is 7.60. The van der Waals surface area contributed by atoms with Crippen LogP contribution in [-0.2, 0) is 4.79 Å². The van der Waals surface area contributed by atoms with E-state index in [2.05, 4.69) is 79.4 Å². The number of thiophene rings is 2. The molecule has 0 aliphatic carbocycles. The fraction of sp³-hybridized carbons (Fsp3) is 0.111. The summed E-state index contributed by atoms with van der Waals surface area (Å²) in [5.74, 6) is -1.21. The summed E-state index contributed by atoms with van der Waals surface area (Å²) in [6.07, 6.45) is 1.41. The van der Waals surface area contributed by atoms with E-state index in [0.29, 0.717) is 0 Å². The van der Waals surface area contributed by atoms with E-state index < -0.39 is 5.97 Å². The number of aliphatic carboxylic acids is 1. The van der Waals surface area contributed by atoms with Gasteiger partial charge in [-0.05, 0) is 74.0 Å². The lowest BCUT2D eigenvalue weighted by molar-refractivity contribution is -0.132. The molecule has 0 aliphatic rings. The van der Waals surface area contributed by atoms with Crippen molar-refractivity contribution < 1.29 is 9.90 Å². The third-order valence-corrected chi connectivity index (χ3v) is 7.60. The average molecular weight is 471 g/mol. The number of carboxylic acids is 1. The fourth-order valence-corrected chi connectivity index (χ4v) is 5.57. The lowest BCUT2D eigenvalue weighted by atomic mass is 10.1. The first-order valence-electron chi connectivity index (χ1n) is 10.5. The summed E-state index contributed by atoms with van der Waals surface area (Å²) >= 11 is 3.17. The Bertz CT molecular complexity index is 1340. The molecule has 4 rings (SSSR count). The molecule has 0 atom stereocenters. The molecule has 0 aliphatic heterocycles. The van der Waals surface area contributed by atoms with E-state index in [0.717, 1.165) is 32.4 Å². The van der Waals surface area contributed by atoms with Gasteiger partial charge in [0.1, 0.15) is 11.6 Å². The topological polar surface area (TPSA) is 64.3 Å². The number of nitrogens with zero attached hydrogens (tertiary/aromatic N) is 2. The molecule has 164 valence electrons. The first kappa shape index (κ1) is 22.5. The smallest absolute Gasteiger partial charge is 0.346 e. The lowest BCUT2D eigenvalue weighted by Crippen LogP contribution is -2.15. The monoisotopic (exact) mass is 470 g/mol. The Balaban J connectivity index is 1.54. The summed E-state index contributed by atoms with van der Waals surface area (Å²) in [5.41, 5.74) is 4.48. The standard InChI is InChI=1S/C27H22N2O2S2/c1-3-29(21-8-4-18(2)5-9-21)22-10-6-19(7-11-22)24-14-15-26(33-24)25-13-12-23(32-25)16-20(17-28)27(30)31/h4-16H,3H2,1-2H3,(H,30,31)/b20-16+. The number of hydrogen-bond acceptors (Lipinski definition) is 5. The molecule has 33 heavy (non-hydrogen) atoms. The Kier molecular flexibility index (Phi) is 6.74. The first-order chi connectivity index (χ1) is 16.0. The van der Waals surface area contributed by atoms with Gasteiger partial charge in [-0.15, -0.1) is 22.7 Å². The molecule has 6 heteroatoms. The Morgan fingerprint density at radius 2 is 1.48 bits per heavy atom. The molecule has 0 radical (unpaired) electrons. The van der Waals surface area contributed by atoms with Crippen LogP contribution in [0.3, 0.4) is 0 Å². The second kappa shape index (κ2) is 9.86. The minimum absolute atomic E-state index is 0.262. The van der Waals surface area contributed by atoms with Crippen molar-refractivity contribution in [2.45, 2.75) is 13.8 Å². The Morgan fingerprint density at radius 3 is 2.09 bits per heavy atom. The third-order valence-electron chi connectivity index (χ3n) is 5.24. The molecule has 0 fully saturated rings. The highest BCUT2D eigenvalue weighted by atomic mass is 32.1. The fourth-order valence-electron chi connectivity index (χ4n) is 3.52. The highest BCUT2D eigenvalue weighted by Gasteiger charge is 2.11. The van der Waals surface area contributed by atoms with Crippen molar-refractivity contribution >= 4 is 46.1 Å². The van der Waals surface area contributed by atoms with Gasteiger partial charge in [-0.2, -0.15) is 5.26 Å². The number of benzene rings is 2. The Morgan fingerprint density at radius 1 is 0.909 bits per heavy atom. The average Bonchev–Trinajstić information content (AvgIpc) is 3.49. The van der Waals surface area contributed by atoms with E-state index in [1.165, 1.54) is 33.5 Å². The van der Waals surface area contributed by atoms with Gasteiger partial charge in [-0.3, -0.25) is 0 Å². The number of hydrogen-bond donors (Lipinski definition) is 1. The van der Waals surface area contributed by atoms with Crippen LogP contribution >= 0.6 is 22.7 Å². The molecule has 2 heterocycles. The Hall–Kier alpha value is -3.66. The summed E-state index contributed by atoms with van der Waals surface area (Å²) in [4.78, 5) is 17.4. The molecule has 2 aromatic carbocycles. The van der Waals surface area contributed by atoms with Crippen molar-refractivity contribution in [1.82, 2.24) is 0 Å². The number of rotatable bonds is 7. The van der Waals surface area contributed by atoms with Crippen LogP contribution in [0.4, 0.5) is 11.4 Å². The molecule has 0 spiro atoms. The molecule has 4 nitrogen and oxygen atoms in total. The minimum Gasteiger partial charge on any atom is -0.477 e. The molecule has 4 aromatic rings. The molecular formula is C27H22N2O2S2. The van der Waals surface area contributed by atoms with Crippen LogP contribution in [0.15, 0.2) is 78.4 Å². The maximum atomic E-state index is 11.1. The number of carbonyl (C=O) groups is 1. The van der Waals surface area contributed by atoms with Crippen LogP contribution in [-0.4, -0.2) is 17.6 Å². The third kappa shape index (κ3) is 5.06. The van der Waals surface area contributed by atoms with Gasteiger partial charge in [-0.1, -0.05) is 29.8 Å². The van der Waals surface area contributed by atoms with Crippen LogP contribution in [0.1, 0.15) is 17.4 Å². The number of aryl methyl sites for hydroxylation is 1. The summed E-state index contributed by atoms with van der Waals surface area (Å²) in [5, 5.41) is 18.0. The van der Waals surface area contributed by atoms with Crippen LogP contribution in [0.5, 0.6) is 0 Å². The molecule has 0 saturated carbocycles. The highest BCUT2D eigenvalue weighted by molar-refractivity contribution is 7.24. The molecule has 0 bridgehead atoms. The molecule has 2 aromatic heterocycles. The van der Waals surface area contributed by atoms with E-state index in [9.17, 15) is 4.79 Å². The van der Waals surface area contributed by atoms with Gasteiger partial charge in [0.15, 0.2) is 0 Å². The van der Waals surface area contributed by atoms with Crippen molar-refractivity contribution in [1.29, 1.82) is 5.26 Å². The number of nitriles is 1. The van der Waals surface area contributed by atoms with Crippen molar-refractivity contribution in [3.05, 3.63) is 88.8 Å². The summed E-state index contributed by atoms with van der Waals surface area (Å²) in [6.45, 7) is 5.13. The van der Waals surface area contributed by atoms with Crippen molar-refractivity contribution in [3.8, 4) is 26.3 Å². The van der Waals surface area contributed by atoms with E-state index in [1.807, 2.05) is 12.1 Å². The summed E-state index contributed by atoms with van der Waals surface area (Å²) < 4.78 is 0. The largest absolute Gasteiger partial charge is 0.477 e. The van der Waals surface area contributed by atoms with Crippen LogP contribution in [0.2, 0.25) is 0 Å². The highest BCUT2D eigenvalue weighted by Crippen LogP contribution is 2.39. The molecule has 1 N–H and O–H groups in total. The van der Waals surface area contributed by atoms with Gasteiger partial charge >= 0.3 is 5.97 Å². The second-order valence-corrected chi connectivity index (χ2v) is 9.67. The van der Waals surface area contributed by atoms with Gasteiger partial charge in [0, 0.05) is 37.4 Å². The summed E-state index contributed by atoms with van der Waals surface area (Å²) in [7, 11) is 0. The van der Waals surface area contributed by atoms with Crippen LogP contribution in [0, 0.1) is 18.3 Å². The zero-order valence-electron chi connectivity index (χ0n) is 18.3. The van der Waals surface area contributed by atoms with Gasteiger partial charge < -0.3 is 10.0 Å².